The minimum atomic E-state index is -3.80. The lowest BCUT2D eigenvalue weighted by Crippen LogP contribution is -2.27. The molecule has 0 saturated heterocycles. The number of aryl methyl sites for hydroxylation is 1. The summed E-state index contributed by atoms with van der Waals surface area (Å²) in [7, 11) is -3.80. The molecule has 1 aromatic rings. The molecule has 2 atom stereocenters. The van der Waals surface area contributed by atoms with Crippen LogP contribution >= 0.6 is 22.6 Å². The van der Waals surface area contributed by atoms with Crippen LogP contribution in [-0.2, 0) is 14.3 Å². The number of rotatable bonds is 11. The van der Waals surface area contributed by atoms with Gasteiger partial charge in [0.05, 0.1) is 17.6 Å². The van der Waals surface area contributed by atoms with E-state index in [1.165, 1.54) is 31.4 Å². The molecule has 0 aliphatic rings. The average molecular weight is 454 g/mol. The van der Waals surface area contributed by atoms with E-state index in [1.54, 1.807) is 12.1 Å². The van der Waals surface area contributed by atoms with Crippen molar-refractivity contribution in [2.45, 2.75) is 67.3 Å². The maximum absolute atomic E-state index is 12.1. The van der Waals surface area contributed by atoms with Crippen LogP contribution in [0.1, 0.15) is 51.0 Å². The second-order valence-corrected chi connectivity index (χ2v) is 9.05. The monoisotopic (exact) mass is 454 g/mol. The van der Waals surface area contributed by atoms with Crippen LogP contribution in [0, 0.1) is 6.92 Å². The number of halogens is 1. The molecular formula is C17H27IO4S. The van der Waals surface area contributed by atoms with Gasteiger partial charge in [-0.1, -0.05) is 79.3 Å². The molecule has 0 spiro atoms. The fraction of sp³-hybridized carbons (Fsp3) is 0.647. The third-order valence-corrected chi connectivity index (χ3v) is 6.45. The smallest absolute Gasteiger partial charge is 0.297 e. The highest BCUT2D eigenvalue weighted by molar-refractivity contribution is 14.1. The van der Waals surface area contributed by atoms with Gasteiger partial charge in [-0.15, -0.1) is 0 Å². The Morgan fingerprint density at radius 1 is 1.13 bits per heavy atom. The first-order chi connectivity index (χ1) is 10.9. The zero-order chi connectivity index (χ0) is 17.3. The molecule has 132 valence electrons. The van der Waals surface area contributed by atoms with Gasteiger partial charge < -0.3 is 5.11 Å². The van der Waals surface area contributed by atoms with Crippen molar-refractivity contribution in [1.82, 2.24) is 0 Å². The maximum atomic E-state index is 12.1. The van der Waals surface area contributed by atoms with Crippen molar-refractivity contribution in [2.75, 3.05) is 6.61 Å². The van der Waals surface area contributed by atoms with Crippen LogP contribution in [-0.4, -0.2) is 30.2 Å². The second-order valence-electron chi connectivity index (χ2n) is 5.84. The number of benzene rings is 1. The Morgan fingerprint density at radius 3 is 2.35 bits per heavy atom. The van der Waals surface area contributed by atoms with Gasteiger partial charge in [0.15, 0.2) is 0 Å². The zero-order valence-corrected chi connectivity index (χ0v) is 16.8. The summed E-state index contributed by atoms with van der Waals surface area (Å²) in [5.74, 6) is 0. The number of hydrogen-bond acceptors (Lipinski definition) is 4. The predicted molar refractivity (Wildman–Crippen MR) is 102 cm³/mol. The minimum Gasteiger partial charge on any atom is -0.390 e. The van der Waals surface area contributed by atoms with E-state index in [4.69, 9.17) is 4.18 Å². The normalized spacial score (nSPS) is 14.6. The van der Waals surface area contributed by atoms with E-state index in [0.717, 1.165) is 24.8 Å². The van der Waals surface area contributed by atoms with E-state index in [-0.39, 0.29) is 15.4 Å². The van der Waals surface area contributed by atoms with E-state index in [2.05, 4.69) is 29.5 Å². The number of unbranched alkanes of at least 4 members (excludes halogenated alkanes) is 4. The zero-order valence-electron chi connectivity index (χ0n) is 13.9. The van der Waals surface area contributed by atoms with Crippen molar-refractivity contribution in [3.05, 3.63) is 29.8 Å². The van der Waals surface area contributed by atoms with E-state index in [9.17, 15) is 13.5 Å². The minimum absolute atomic E-state index is 0.00226. The first-order valence-electron chi connectivity index (χ1n) is 8.15. The van der Waals surface area contributed by atoms with Gasteiger partial charge >= 0.3 is 0 Å². The molecule has 4 nitrogen and oxygen atoms in total. The predicted octanol–water partition coefficient (Wildman–Crippen LogP) is 4.23. The van der Waals surface area contributed by atoms with Crippen molar-refractivity contribution >= 4 is 32.7 Å². The molecule has 1 aromatic carbocycles. The van der Waals surface area contributed by atoms with Gasteiger partial charge in [-0.2, -0.15) is 8.42 Å². The molecule has 23 heavy (non-hydrogen) atoms. The first-order valence-corrected chi connectivity index (χ1v) is 10.8. The Hall–Kier alpha value is -0.180. The summed E-state index contributed by atoms with van der Waals surface area (Å²) in [6.07, 6.45) is 5.97. The van der Waals surface area contributed by atoms with Gasteiger partial charge in [0.2, 0.25) is 0 Å². The average Bonchev–Trinajstić information content (AvgIpc) is 2.52. The van der Waals surface area contributed by atoms with E-state index in [1.807, 2.05) is 6.92 Å². The fourth-order valence-electron chi connectivity index (χ4n) is 2.17. The lowest BCUT2D eigenvalue weighted by atomic mass is 10.1. The van der Waals surface area contributed by atoms with Crippen LogP contribution in [0.4, 0.5) is 0 Å². The Balaban J connectivity index is 2.39. The summed E-state index contributed by atoms with van der Waals surface area (Å²) in [6, 6.07) is 6.49. The molecule has 0 unspecified atom stereocenters. The quantitative estimate of drug-likeness (QED) is 0.235. The number of aliphatic hydroxyl groups is 1. The summed E-state index contributed by atoms with van der Waals surface area (Å²) < 4.78 is 29.1. The topological polar surface area (TPSA) is 63.6 Å². The van der Waals surface area contributed by atoms with Crippen molar-refractivity contribution in [3.63, 3.8) is 0 Å². The summed E-state index contributed by atoms with van der Waals surface area (Å²) in [4.78, 5) is 0.125. The molecule has 0 fully saturated rings. The van der Waals surface area contributed by atoms with Crippen molar-refractivity contribution < 1.29 is 17.7 Å². The molecular weight excluding hydrogens is 427 g/mol. The van der Waals surface area contributed by atoms with Crippen LogP contribution in [0.5, 0.6) is 0 Å². The van der Waals surface area contributed by atoms with Crippen LogP contribution in [0.3, 0.4) is 0 Å². The van der Waals surface area contributed by atoms with Crippen LogP contribution in [0.15, 0.2) is 29.2 Å². The largest absolute Gasteiger partial charge is 0.390 e. The molecule has 0 radical (unpaired) electrons. The highest BCUT2D eigenvalue weighted by Crippen LogP contribution is 2.19. The summed E-state index contributed by atoms with van der Waals surface area (Å²) >= 11 is 2.17. The molecule has 0 aromatic heterocycles. The SMILES string of the molecule is CCCCCCC[C@@H](I)[C@@H](O)COS(=O)(=O)c1ccc(C)cc1. The van der Waals surface area contributed by atoms with Crippen LogP contribution < -0.4 is 0 Å². The molecule has 6 heteroatoms. The van der Waals surface area contributed by atoms with Crippen molar-refractivity contribution in [2.24, 2.45) is 0 Å². The summed E-state index contributed by atoms with van der Waals surface area (Å²) in [5.41, 5.74) is 0.986. The summed E-state index contributed by atoms with van der Waals surface area (Å²) in [6.45, 7) is 3.87. The van der Waals surface area contributed by atoms with Gasteiger partial charge in [-0.05, 0) is 25.5 Å². The lowest BCUT2D eigenvalue weighted by molar-refractivity contribution is 0.109. The Labute approximate surface area is 153 Å². The van der Waals surface area contributed by atoms with Crippen molar-refractivity contribution in [3.8, 4) is 0 Å². The Morgan fingerprint density at radius 2 is 1.74 bits per heavy atom. The molecule has 0 bridgehead atoms. The van der Waals surface area contributed by atoms with Gasteiger partial charge in [0.25, 0.3) is 10.1 Å². The van der Waals surface area contributed by atoms with Crippen LogP contribution in [0.2, 0.25) is 0 Å². The third-order valence-electron chi connectivity index (χ3n) is 3.70. The maximum Gasteiger partial charge on any atom is 0.297 e. The van der Waals surface area contributed by atoms with E-state index in [0.29, 0.717) is 0 Å². The molecule has 0 heterocycles. The van der Waals surface area contributed by atoms with E-state index >= 15 is 0 Å². The molecule has 0 aliphatic carbocycles. The Bertz CT molecular complexity index is 542. The first kappa shape index (κ1) is 20.9. The fourth-order valence-corrected chi connectivity index (χ4v) is 3.74. The second kappa shape index (κ2) is 10.6. The molecule has 0 saturated carbocycles. The van der Waals surface area contributed by atoms with Gasteiger partial charge in [0, 0.05) is 3.92 Å². The van der Waals surface area contributed by atoms with Gasteiger partial charge in [0.1, 0.15) is 0 Å². The highest BCUT2D eigenvalue weighted by atomic mass is 127. The number of alkyl halides is 1. The molecule has 1 rings (SSSR count). The number of hydrogen-bond donors (Lipinski definition) is 1. The van der Waals surface area contributed by atoms with Crippen molar-refractivity contribution in [1.29, 1.82) is 0 Å². The van der Waals surface area contributed by atoms with E-state index < -0.39 is 16.2 Å². The lowest BCUT2D eigenvalue weighted by Gasteiger charge is -2.17. The summed E-state index contributed by atoms with van der Waals surface area (Å²) in [5, 5.41) is 10.1. The van der Waals surface area contributed by atoms with Crippen LogP contribution in [0.25, 0.3) is 0 Å². The Kier molecular flexibility index (Phi) is 9.65. The van der Waals surface area contributed by atoms with Gasteiger partial charge in [-0.25, -0.2) is 0 Å². The molecule has 1 N–H and O–H groups in total. The third kappa shape index (κ3) is 7.96. The standard InChI is InChI=1S/C17H27IO4S/c1-3-4-5-6-7-8-16(18)17(19)13-22-23(20,21)15-11-9-14(2)10-12-15/h9-12,16-17,19H,3-8,13H2,1-2H3/t16-,17+/m1/s1. The molecule has 0 amide bonds. The highest BCUT2D eigenvalue weighted by Gasteiger charge is 2.21. The molecule has 0 aliphatic heterocycles. The van der Waals surface area contributed by atoms with Gasteiger partial charge in [-0.3, -0.25) is 4.18 Å². The number of aliphatic hydroxyl groups excluding tert-OH is 1.